The molecule has 0 saturated heterocycles. The molecule has 0 unspecified atom stereocenters. The minimum absolute atomic E-state index is 0.0286. The number of nitrogens with zero attached hydrogens (tertiary/aromatic N) is 2. The molecular weight excluding hydrogens is 260 g/mol. The van der Waals surface area contributed by atoms with Crippen molar-refractivity contribution in [2.75, 3.05) is 10.6 Å². The van der Waals surface area contributed by atoms with Gasteiger partial charge in [0.1, 0.15) is 0 Å². The van der Waals surface area contributed by atoms with Crippen LogP contribution in [0.4, 0.5) is 21.9 Å². The Kier molecular flexibility index (Phi) is 3.90. The Bertz CT molecular complexity index is 640. The molecule has 102 valence electrons. The average molecular weight is 272 g/mol. The van der Waals surface area contributed by atoms with Crippen LogP contribution in [0.5, 0.6) is 0 Å². The molecule has 0 radical (unpaired) electrons. The van der Waals surface area contributed by atoms with Gasteiger partial charge in [0.25, 0.3) is 5.69 Å². The number of urea groups is 1. The lowest BCUT2D eigenvalue weighted by molar-refractivity contribution is -0.384. The Labute approximate surface area is 114 Å². The summed E-state index contributed by atoms with van der Waals surface area (Å²) in [5, 5.41) is 15.7. The zero-order chi connectivity index (χ0) is 14.5. The lowest BCUT2D eigenvalue weighted by Gasteiger charge is -2.09. The first-order valence-corrected chi connectivity index (χ1v) is 5.79. The molecule has 1 aromatic heterocycles. The molecule has 2 aromatic rings. The number of nitrogens with one attached hydrogen (secondary N) is 2. The van der Waals surface area contributed by atoms with Crippen LogP contribution in [-0.2, 0) is 0 Å². The summed E-state index contributed by atoms with van der Waals surface area (Å²) in [5.41, 5.74) is 1.93. The van der Waals surface area contributed by atoms with Crippen LogP contribution in [-0.4, -0.2) is 15.9 Å². The van der Waals surface area contributed by atoms with Crippen LogP contribution in [0.1, 0.15) is 5.56 Å². The molecule has 0 bridgehead atoms. The number of amides is 2. The highest BCUT2D eigenvalue weighted by molar-refractivity contribution is 6.00. The van der Waals surface area contributed by atoms with E-state index in [4.69, 9.17) is 0 Å². The molecule has 7 heteroatoms. The van der Waals surface area contributed by atoms with Gasteiger partial charge in [0.05, 0.1) is 16.8 Å². The Balaban J connectivity index is 2.01. The van der Waals surface area contributed by atoms with E-state index >= 15 is 0 Å². The minimum Gasteiger partial charge on any atom is -0.308 e. The van der Waals surface area contributed by atoms with Gasteiger partial charge in [-0.25, -0.2) is 4.79 Å². The normalized spacial score (nSPS) is 9.85. The van der Waals surface area contributed by atoms with Crippen molar-refractivity contribution in [2.45, 2.75) is 6.92 Å². The molecule has 20 heavy (non-hydrogen) atoms. The molecule has 0 aliphatic carbocycles. The fourth-order valence-electron chi connectivity index (χ4n) is 1.55. The molecule has 2 N–H and O–H groups in total. The summed E-state index contributed by atoms with van der Waals surface area (Å²) >= 11 is 0. The molecule has 0 atom stereocenters. The van der Waals surface area contributed by atoms with Gasteiger partial charge in [-0.1, -0.05) is 0 Å². The molecule has 0 spiro atoms. The summed E-state index contributed by atoms with van der Waals surface area (Å²) in [6.45, 7) is 1.85. The third kappa shape index (κ3) is 3.29. The summed E-state index contributed by atoms with van der Waals surface area (Å²) in [6.07, 6.45) is 3.18. The summed E-state index contributed by atoms with van der Waals surface area (Å²) in [7, 11) is 0. The summed E-state index contributed by atoms with van der Waals surface area (Å²) in [6, 6.07) is 6.92. The molecular formula is C13H12N4O3. The SMILES string of the molecule is Cc1ccncc1NC(=O)Nc1ccc([N+](=O)[O-])cc1. The number of carbonyl (C=O) groups is 1. The second-order valence-corrected chi connectivity index (χ2v) is 4.07. The van der Waals surface area contributed by atoms with E-state index < -0.39 is 11.0 Å². The second-order valence-electron chi connectivity index (χ2n) is 4.07. The molecule has 0 aliphatic heterocycles. The molecule has 2 amide bonds. The summed E-state index contributed by atoms with van der Waals surface area (Å²) in [4.78, 5) is 25.7. The minimum atomic E-state index is -0.497. The highest BCUT2D eigenvalue weighted by atomic mass is 16.6. The maximum absolute atomic E-state index is 11.8. The van der Waals surface area contributed by atoms with Crippen molar-refractivity contribution in [3.05, 3.63) is 58.4 Å². The monoisotopic (exact) mass is 272 g/mol. The molecule has 7 nitrogen and oxygen atoms in total. The number of hydrogen-bond acceptors (Lipinski definition) is 4. The number of pyridine rings is 1. The Morgan fingerprint density at radius 2 is 1.90 bits per heavy atom. The Morgan fingerprint density at radius 3 is 2.50 bits per heavy atom. The molecule has 0 aliphatic rings. The van der Waals surface area contributed by atoms with E-state index in [0.717, 1.165) is 5.56 Å². The average Bonchev–Trinajstić information content (AvgIpc) is 2.42. The number of rotatable bonds is 3. The van der Waals surface area contributed by atoms with Gasteiger partial charge in [-0.05, 0) is 30.7 Å². The Hall–Kier alpha value is -2.96. The number of nitro groups is 1. The predicted octanol–water partition coefficient (Wildman–Crippen LogP) is 2.94. The fraction of sp³-hybridized carbons (Fsp3) is 0.0769. The van der Waals surface area contributed by atoms with Crippen molar-refractivity contribution >= 4 is 23.1 Å². The van der Waals surface area contributed by atoms with Crippen molar-refractivity contribution in [1.29, 1.82) is 0 Å². The van der Waals surface area contributed by atoms with Gasteiger partial charge in [0.2, 0.25) is 0 Å². The lowest BCUT2D eigenvalue weighted by atomic mass is 10.2. The van der Waals surface area contributed by atoms with Gasteiger partial charge in [-0.2, -0.15) is 0 Å². The highest BCUT2D eigenvalue weighted by Gasteiger charge is 2.07. The first-order valence-electron chi connectivity index (χ1n) is 5.79. The van der Waals surface area contributed by atoms with E-state index in [1.165, 1.54) is 24.3 Å². The standard InChI is InChI=1S/C13H12N4O3/c1-9-6-7-14-8-12(9)16-13(18)15-10-2-4-11(5-3-10)17(19)20/h2-8H,1H3,(H2,15,16,18). The smallest absolute Gasteiger partial charge is 0.308 e. The van der Waals surface area contributed by atoms with Gasteiger partial charge in [0.15, 0.2) is 0 Å². The summed E-state index contributed by atoms with van der Waals surface area (Å²) in [5.74, 6) is 0. The highest BCUT2D eigenvalue weighted by Crippen LogP contribution is 2.16. The molecule has 1 heterocycles. The number of benzene rings is 1. The van der Waals surface area contributed by atoms with E-state index in [1.54, 1.807) is 18.5 Å². The first kappa shape index (κ1) is 13.5. The van der Waals surface area contributed by atoms with Crippen molar-refractivity contribution in [2.24, 2.45) is 0 Å². The maximum atomic E-state index is 11.8. The van der Waals surface area contributed by atoms with E-state index in [0.29, 0.717) is 11.4 Å². The van der Waals surface area contributed by atoms with Crippen molar-refractivity contribution in [1.82, 2.24) is 4.98 Å². The van der Waals surface area contributed by atoms with Crippen molar-refractivity contribution < 1.29 is 9.72 Å². The van der Waals surface area contributed by atoms with Crippen molar-refractivity contribution in [3.8, 4) is 0 Å². The zero-order valence-electron chi connectivity index (χ0n) is 10.7. The Morgan fingerprint density at radius 1 is 1.20 bits per heavy atom. The van der Waals surface area contributed by atoms with Gasteiger partial charge < -0.3 is 10.6 Å². The lowest BCUT2D eigenvalue weighted by Crippen LogP contribution is -2.20. The van der Waals surface area contributed by atoms with Crippen LogP contribution in [0.3, 0.4) is 0 Å². The number of anilines is 2. The number of nitro benzene ring substituents is 1. The van der Waals surface area contributed by atoms with Gasteiger partial charge >= 0.3 is 6.03 Å². The van der Waals surface area contributed by atoms with Gasteiger partial charge in [-0.15, -0.1) is 0 Å². The topological polar surface area (TPSA) is 97.2 Å². The largest absolute Gasteiger partial charge is 0.323 e. The van der Waals surface area contributed by atoms with Crippen molar-refractivity contribution in [3.63, 3.8) is 0 Å². The fourth-order valence-corrected chi connectivity index (χ4v) is 1.55. The number of hydrogen-bond donors (Lipinski definition) is 2. The van der Waals surface area contributed by atoms with Crippen LogP contribution in [0.2, 0.25) is 0 Å². The zero-order valence-corrected chi connectivity index (χ0v) is 10.7. The number of carbonyl (C=O) groups excluding carboxylic acids is 1. The third-order valence-electron chi connectivity index (χ3n) is 2.62. The first-order chi connectivity index (χ1) is 9.56. The predicted molar refractivity (Wildman–Crippen MR) is 74.7 cm³/mol. The quantitative estimate of drug-likeness (QED) is 0.663. The van der Waals surface area contributed by atoms with E-state index in [2.05, 4.69) is 15.6 Å². The number of aromatic nitrogens is 1. The van der Waals surface area contributed by atoms with E-state index in [1.807, 2.05) is 6.92 Å². The van der Waals surface area contributed by atoms with Crippen LogP contribution in [0, 0.1) is 17.0 Å². The second kappa shape index (κ2) is 5.79. The molecule has 2 rings (SSSR count). The molecule has 1 aromatic carbocycles. The van der Waals surface area contributed by atoms with E-state index in [9.17, 15) is 14.9 Å². The van der Waals surface area contributed by atoms with Crippen LogP contribution in [0.25, 0.3) is 0 Å². The third-order valence-corrected chi connectivity index (χ3v) is 2.62. The van der Waals surface area contributed by atoms with Crippen LogP contribution in [0.15, 0.2) is 42.7 Å². The van der Waals surface area contributed by atoms with Gasteiger partial charge in [0, 0.05) is 24.0 Å². The maximum Gasteiger partial charge on any atom is 0.323 e. The van der Waals surface area contributed by atoms with E-state index in [-0.39, 0.29) is 5.69 Å². The number of non-ortho nitro benzene ring substituents is 1. The molecule has 0 saturated carbocycles. The summed E-state index contributed by atoms with van der Waals surface area (Å²) < 4.78 is 0. The van der Waals surface area contributed by atoms with Crippen LogP contribution < -0.4 is 10.6 Å². The van der Waals surface area contributed by atoms with Crippen LogP contribution >= 0.6 is 0 Å². The van der Waals surface area contributed by atoms with Gasteiger partial charge in [-0.3, -0.25) is 15.1 Å². The molecule has 0 fully saturated rings. The number of aryl methyl sites for hydroxylation is 1.